The van der Waals surface area contributed by atoms with Crippen LogP contribution in [0, 0.1) is 5.92 Å². The molecule has 1 aromatic heterocycles. The average Bonchev–Trinajstić information content (AvgIpc) is 3.21. The third-order valence-corrected chi connectivity index (χ3v) is 4.24. The van der Waals surface area contributed by atoms with Crippen LogP contribution in [-0.4, -0.2) is 47.6 Å². The molecule has 2 heterocycles. The molecule has 1 aliphatic rings. The molecule has 0 saturated carbocycles. The highest BCUT2D eigenvalue weighted by atomic mass is 127. The molecule has 1 aliphatic heterocycles. The van der Waals surface area contributed by atoms with Gasteiger partial charge >= 0.3 is 0 Å². The van der Waals surface area contributed by atoms with E-state index in [1.165, 1.54) is 0 Å². The van der Waals surface area contributed by atoms with E-state index >= 15 is 0 Å². The first-order chi connectivity index (χ1) is 11.9. The summed E-state index contributed by atoms with van der Waals surface area (Å²) in [7, 11) is 0. The number of amides is 1. The van der Waals surface area contributed by atoms with Gasteiger partial charge in [-0.1, -0.05) is 32.9 Å². The molecule has 8 heteroatoms. The molecule has 2 rings (SSSR count). The molecule has 1 atom stereocenters. The zero-order chi connectivity index (χ0) is 18.4. The predicted octanol–water partition coefficient (Wildman–Crippen LogP) is 2.73. The fourth-order valence-corrected chi connectivity index (χ4v) is 2.79. The standard InChI is InChI=1S/C18H31N5O2.HI/c1-6-19-18(20-10-15-9-16(12(2)3)22-25-15)21-14-7-8-23(11-14)17(24)13(4)5;/h9,12-14H,6-8,10-11H2,1-5H3,(H2,19,20,21);1H. The van der Waals surface area contributed by atoms with E-state index in [0.29, 0.717) is 12.5 Å². The second kappa shape index (κ2) is 10.7. The van der Waals surface area contributed by atoms with Crippen LogP contribution in [0.4, 0.5) is 0 Å². The molecule has 0 bridgehead atoms. The molecule has 1 fully saturated rings. The number of likely N-dealkylation sites (tertiary alicyclic amines) is 1. The van der Waals surface area contributed by atoms with Gasteiger partial charge in [0.05, 0.1) is 5.69 Å². The topological polar surface area (TPSA) is 82.8 Å². The smallest absolute Gasteiger partial charge is 0.225 e. The van der Waals surface area contributed by atoms with Gasteiger partial charge in [0.1, 0.15) is 6.54 Å². The Bertz CT molecular complexity index is 600. The van der Waals surface area contributed by atoms with Gasteiger partial charge in [0, 0.05) is 37.7 Å². The van der Waals surface area contributed by atoms with E-state index in [4.69, 9.17) is 4.52 Å². The van der Waals surface area contributed by atoms with Gasteiger partial charge in [-0.25, -0.2) is 4.99 Å². The van der Waals surface area contributed by atoms with Crippen molar-refractivity contribution in [2.24, 2.45) is 10.9 Å². The maximum atomic E-state index is 12.1. The monoisotopic (exact) mass is 477 g/mol. The summed E-state index contributed by atoms with van der Waals surface area (Å²) in [5, 5.41) is 10.7. The Balaban J connectivity index is 0.00000338. The molecule has 148 valence electrons. The number of carbonyl (C=O) groups is 1. The SMILES string of the molecule is CCNC(=NCc1cc(C(C)C)no1)NC1CCN(C(=O)C(C)C)C1.I. The minimum Gasteiger partial charge on any atom is -0.359 e. The lowest BCUT2D eigenvalue weighted by atomic mass is 10.1. The van der Waals surface area contributed by atoms with E-state index in [1.54, 1.807) is 0 Å². The number of halogens is 1. The molecule has 1 amide bonds. The Hall–Kier alpha value is -1.32. The summed E-state index contributed by atoms with van der Waals surface area (Å²) in [6, 6.07) is 2.18. The molecule has 1 unspecified atom stereocenters. The molecule has 2 N–H and O–H groups in total. The lowest BCUT2D eigenvalue weighted by molar-refractivity contribution is -0.133. The molecule has 26 heavy (non-hydrogen) atoms. The maximum Gasteiger partial charge on any atom is 0.225 e. The molecule has 1 aromatic rings. The molecule has 1 saturated heterocycles. The first kappa shape index (κ1) is 22.7. The first-order valence-electron chi connectivity index (χ1n) is 9.19. The van der Waals surface area contributed by atoms with Crippen molar-refractivity contribution < 1.29 is 9.32 Å². The highest BCUT2D eigenvalue weighted by Gasteiger charge is 2.27. The van der Waals surface area contributed by atoms with Crippen molar-refractivity contribution in [3.8, 4) is 0 Å². The number of guanidine groups is 1. The summed E-state index contributed by atoms with van der Waals surface area (Å²) in [6.45, 7) is 12.8. The maximum absolute atomic E-state index is 12.1. The van der Waals surface area contributed by atoms with Gasteiger partial charge in [0.25, 0.3) is 0 Å². The summed E-state index contributed by atoms with van der Waals surface area (Å²) in [6.07, 6.45) is 0.933. The number of carbonyl (C=O) groups excluding carboxylic acids is 1. The second-order valence-electron chi connectivity index (χ2n) is 7.14. The Morgan fingerprint density at radius 1 is 1.42 bits per heavy atom. The summed E-state index contributed by atoms with van der Waals surface area (Å²) < 4.78 is 5.33. The van der Waals surface area contributed by atoms with Gasteiger partial charge in [0.15, 0.2) is 11.7 Å². The lowest BCUT2D eigenvalue weighted by Crippen LogP contribution is -2.45. The first-order valence-corrected chi connectivity index (χ1v) is 9.19. The minimum atomic E-state index is 0. The van der Waals surface area contributed by atoms with Crippen molar-refractivity contribution in [3.63, 3.8) is 0 Å². The van der Waals surface area contributed by atoms with E-state index in [-0.39, 0.29) is 41.8 Å². The summed E-state index contributed by atoms with van der Waals surface area (Å²) in [5.74, 6) is 2.10. The third-order valence-electron chi connectivity index (χ3n) is 4.24. The number of nitrogens with one attached hydrogen (secondary N) is 2. The number of hydrogen-bond donors (Lipinski definition) is 2. The molecular formula is C18H32IN5O2. The van der Waals surface area contributed by atoms with Crippen LogP contribution in [0.1, 0.15) is 58.4 Å². The normalized spacial score (nSPS) is 17.6. The van der Waals surface area contributed by atoms with Crippen LogP contribution in [0.5, 0.6) is 0 Å². The number of rotatable bonds is 6. The lowest BCUT2D eigenvalue weighted by Gasteiger charge is -2.20. The largest absolute Gasteiger partial charge is 0.359 e. The summed E-state index contributed by atoms with van der Waals surface area (Å²) in [5.41, 5.74) is 0.946. The number of hydrogen-bond acceptors (Lipinski definition) is 4. The molecule has 7 nitrogen and oxygen atoms in total. The Morgan fingerprint density at radius 2 is 2.15 bits per heavy atom. The quantitative estimate of drug-likeness (QED) is 0.374. The third kappa shape index (κ3) is 6.44. The van der Waals surface area contributed by atoms with Gasteiger partial charge in [-0.2, -0.15) is 0 Å². The molecule has 0 radical (unpaired) electrons. The number of aliphatic imine (C=N–C) groups is 1. The van der Waals surface area contributed by atoms with E-state index in [0.717, 1.165) is 43.5 Å². The molecule has 0 spiro atoms. The Kier molecular flexibility index (Phi) is 9.38. The summed E-state index contributed by atoms with van der Waals surface area (Å²) in [4.78, 5) is 18.6. The van der Waals surface area contributed by atoms with Gasteiger partial charge < -0.3 is 20.1 Å². The van der Waals surface area contributed by atoms with Gasteiger partial charge in [-0.15, -0.1) is 24.0 Å². The van der Waals surface area contributed by atoms with Crippen molar-refractivity contribution >= 4 is 35.8 Å². The zero-order valence-electron chi connectivity index (χ0n) is 16.4. The van der Waals surface area contributed by atoms with Crippen molar-refractivity contribution in [2.45, 2.75) is 59.5 Å². The molecule has 0 aromatic carbocycles. The summed E-state index contributed by atoms with van der Waals surface area (Å²) >= 11 is 0. The van der Waals surface area contributed by atoms with Gasteiger partial charge in [-0.3, -0.25) is 4.79 Å². The minimum absolute atomic E-state index is 0. The van der Waals surface area contributed by atoms with Crippen LogP contribution >= 0.6 is 24.0 Å². The second-order valence-corrected chi connectivity index (χ2v) is 7.14. The van der Waals surface area contributed by atoms with E-state index in [1.807, 2.05) is 31.7 Å². The van der Waals surface area contributed by atoms with Crippen molar-refractivity contribution in [1.82, 2.24) is 20.7 Å². The zero-order valence-corrected chi connectivity index (χ0v) is 18.7. The Labute approximate surface area is 173 Å². The van der Waals surface area contributed by atoms with Gasteiger partial charge in [-0.05, 0) is 19.3 Å². The molecular weight excluding hydrogens is 445 g/mol. The highest BCUT2D eigenvalue weighted by Crippen LogP contribution is 2.15. The van der Waals surface area contributed by atoms with Crippen molar-refractivity contribution in [1.29, 1.82) is 0 Å². The van der Waals surface area contributed by atoms with Crippen molar-refractivity contribution in [3.05, 3.63) is 17.5 Å². The van der Waals surface area contributed by atoms with E-state index in [2.05, 4.69) is 34.6 Å². The van der Waals surface area contributed by atoms with Gasteiger partial charge in [0.2, 0.25) is 5.91 Å². The van der Waals surface area contributed by atoms with Crippen LogP contribution in [-0.2, 0) is 11.3 Å². The van der Waals surface area contributed by atoms with Crippen LogP contribution in [0.25, 0.3) is 0 Å². The van der Waals surface area contributed by atoms with Crippen LogP contribution in [0.3, 0.4) is 0 Å². The average molecular weight is 477 g/mol. The highest BCUT2D eigenvalue weighted by molar-refractivity contribution is 14.0. The van der Waals surface area contributed by atoms with Crippen LogP contribution in [0.2, 0.25) is 0 Å². The Morgan fingerprint density at radius 3 is 2.73 bits per heavy atom. The van der Waals surface area contributed by atoms with Crippen LogP contribution in [0.15, 0.2) is 15.6 Å². The van der Waals surface area contributed by atoms with E-state index in [9.17, 15) is 4.79 Å². The van der Waals surface area contributed by atoms with Crippen LogP contribution < -0.4 is 10.6 Å². The predicted molar refractivity (Wildman–Crippen MR) is 114 cm³/mol. The fraction of sp³-hybridized carbons (Fsp3) is 0.722. The molecule has 0 aliphatic carbocycles. The number of aromatic nitrogens is 1. The number of nitrogens with zero attached hydrogens (tertiary/aromatic N) is 3. The van der Waals surface area contributed by atoms with Crippen molar-refractivity contribution in [2.75, 3.05) is 19.6 Å². The van der Waals surface area contributed by atoms with E-state index < -0.39 is 0 Å². The fourth-order valence-electron chi connectivity index (χ4n) is 2.79.